The first kappa shape index (κ1) is 13.0. The second-order valence-electron chi connectivity index (χ2n) is 5.50. The van der Waals surface area contributed by atoms with Gasteiger partial charge < -0.3 is 10.2 Å². The predicted octanol–water partition coefficient (Wildman–Crippen LogP) is 2.35. The topological polar surface area (TPSA) is 15.3 Å². The van der Waals surface area contributed by atoms with Crippen molar-refractivity contribution in [3.8, 4) is 0 Å². The van der Waals surface area contributed by atoms with E-state index < -0.39 is 0 Å². The fourth-order valence-corrected chi connectivity index (χ4v) is 2.01. The van der Waals surface area contributed by atoms with Gasteiger partial charge in [0.05, 0.1) is 0 Å². The summed E-state index contributed by atoms with van der Waals surface area (Å²) in [4.78, 5) is 2.55. The van der Waals surface area contributed by atoms with Crippen LogP contribution < -0.4 is 5.32 Å². The molecule has 0 amide bonds. The SMILES string of the molecule is CCC(CNCC(C)C)N(C)CC1CC1. The van der Waals surface area contributed by atoms with Gasteiger partial charge in [-0.3, -0.25) is 0 Å². The molecule has 1 aliphatic rings. The highest BCUT2D eigenvalue weighted by Crippen LogP contribution is 2.29. The molecule has 1 fully saturated rings. The Morgan fingerprint density at radius 3 is 2.40 bits per heavy atom. The third-order valence-corrected chi connectivity index (χ3v) is 3.27. The highest BCUT2D eigenvalue weighted by Gasteiger charge is 2.25. The van der Waals surface area contributed by atoms with Crippen molar-refractivity contribution >= 4 is 0 Å². The van der Waals surface area contributed by atoms with Gasteiger partial charge in [0, 0.05) is 19.1 Å². The Kier molecular flexibility index (Phi) is 5.62. The molecule has 0 bridgehead atoms. The van der Waals surface area contributed by atoms with Crippen molar-refractivity contribution in [2.24, 2.45) is 11.8 Å². The lowest BCUT2D eigenvalue weighted by atomic mass is 10.1. The Morgan fingerprint density at radius 2 is 1.93 bits per heavy atom. The summed E-state index contributed by atoms with van der Waals surface area (Å²) in [5.41, 5.74) is 0. The minimum absolute atomic E-state index is 0.726. The standard InChI is InChI=1S/C13H28N2/c1-5-13(9-14-8-11(2)3)15(4)10-12-6-7-12/h11-14H,5-10H2,1-4H3. The Balaban J connectivity index is 2.14. The van der Waals surface area contributed by atoms with E-state index in [0.717, 1.165) is 31.0 Å². The van der Waals surface area contributed by atoms with Crippen LogP contribution in [0.5, 0.6) is 0 Å². The molecule has 1 N–H and O–H groups in total. The smallest absolute Gasteiger partial charge is 0.0215 e. The van der Waals surface area contributed by atoms with Crippen LogP contribution in [0.4, 0.5) is 0 Å². The maximum Gasteiger partial charge on any atom is 0.0215 e. The predicted molar refractivity (Wildman–Crippen MR) is 67.1 cm³/mol. The molecule has 0 aromatic rings. The van der Waals surface area contributed by atoms with Gasteiger partial charge in [-0.25, -0.2) is 0 Å². The maximum atomic E-state index is 3.57. The van der Waals surface area contributed by atoms with Crippen LogP contribution in [0.15, 0.2) is 0 Å². The van der Waals surface area contributed by atoms with Crippen molar-refractivity contribution in [1.82, 2.24) is 10.2 Å². The van der Waals surface area contributed by atoms with Crippen LogP contribution >= 0.6 is 0 Å². The lowest BCUT2D eigenvalue weighted by Crippen LogP contribution is -2.41. The fraction of sp³-hybridized carbons (Fsp3) is 1.00. The van der Waals surface area contributed by atoms with Crippen molar-refractivity contribution in [2.45, 2.75) is 46.1 Å². The van der Waals surface area contributed by atoms with E-state index in [4.69, 9.17) is 0 Å². The third-order valence-electron chi connectivity index (χ3n) is 3.27. The molecule has 0 saturated heterocycles. The molecular formula is C13H28N2. The summed E-state index contributed by atoms with van der Waals surface area (Å²) < 4.78 is 0. The molecule has 1 rings (SSSR count). The van der Waals surface area contributed by atoms with Crippen molar-refractivity contribution in [3.63, 3.8) is 0 Å². The Labute approximate surface area is 95.4 Å². The molecule has 0 aliphatic heterocycles. The Hall–Kier alpha value is -0.0800. The molecule has 0 aromatic carbocycles. The van der Waals surface area contributed by atoms with Crippen molar-refractivity contribution in [3.05, 3.63) is 0 Å². The second-order valence-corrected chi connectivity index (χ2v) is 5.50. The minimum Gasteiger partial charge on any atom is -0.315 e. The first-order valence-corrected chi connectivity index (χ1v) is 6.54. The van der Waals surface area contributed by atoms with E-state index in [9.17, 15) is 0 Å². The zero-order valence-corrected chi connectivity index (χ0v) is 10.9. The van der Waals surface area contributed by atoms with Crippen molar-refractivity contribution in [2.75, 3.05) is 26.7 Å². The first-order chi connectivity index (χ1) is 7.13. The Morgan fingerprint density at radius 1 is 1.27 bits per heavy atom. The number of hydrogen-bond donors (Lipinski definition) is 1. The highest BCUT2D eigenvalue weighted by atomic mass is 15.2. The zero-order valence-electron chi connectivity index (χ0n) is 10.9. The molecule has 0 aromatic heterocycles. The summed E-state index contributed by atoms with van der Waals surface area (Å²) in [7, 11) is 2.28. The van der Waals surface area contributed by atoms with E-state index in [0.29, 0.717) is 0 Å². The third kappa shape index (κ3) is 5.53. The fourth-order valence-electron chi connectivity index (χ4n) is 2.01. The molecule has 15 heavy (non-hydrogen) atoms. The lowest BCUT2D eigenvalue weighted by molar-refractivity contribution is 0.219. The number of rotatable bonds is 8. The van der Waals surface area contributed by atoms with E-state index >= 15 is 0 Å². The summed E-state index contributed by atoms with van der Waals surface area (Å²) in [5.74, 6) is 1.77. The van der Waals surface area contributed by atoms with Crippen molar-refractivity contribution < 1.29 is 0 Å². The van der Waals surface area contributed by atoms with E-state index in [-0.39, 0.29) is 0 Å². The van der Waals surface area contributed by atoms with Gasteiger partial charge in [-0.1, -0.05) is 20.8 Å². The average molecular weight is 212 g/mol. The van der Waals surface area contributed by atoms with E-state index in [1.54, 1.807) is 0 Å². The number of nitrogens with zero attached hydrogens (tertiary/aromatic N) is 1. The van der Waals surface area contributed by atoms with Crippen LogP contribution in [0.2, 0.25) is 0 Å². The number of likely N-dealkylation sites (N-methyl/N-ethyl adjacent to an activating group) is 1. The molecule has 1 unspecified atom stereocenters. The van der Waals surface area contributed by atoms with Crippen LogP contribution in [0.25, 0.3) is 0 Å². The zero-order chi connectivity index (χ0) is 11.3. The van der Waals surface area contributed by atoms with Gasteiger partial charge in [-0.05, 0) is 44.7 Å². The second kappa shape index (κ2) is 6.49. The van der Waals surface area contributed by atoms with Crippen molar-refractivity contribution in [1.29, 1.82) is 0 Å². The monoisotopic (exact) mass is 212 g/mol. The van der Waals surface area contributed by atoms with Gasteiger partial charge in [-0.15, -0.1) is 0 Å². The quantitative estimate of drug-likeness (QED) is 0.664. The average Bonchev–Trinajstić information content (AvgIpc) is 2.95. The molecule has 0 spiro atoms. The molecule has 2 heteroatoms. The normalized spacial score (nSPS) is 18.8. The number of hydrogen-bond acceptors (Lipinski definition) is 2. The summed E-state index contributed by atoms with van der Waals surface area (Å²) in [5, 5.41) is 3.57. The maximum absolute atomic E-state index is 3.57. The largest absolute Gasteiger partial charge is 0.315 e. The minimum atomic E-state index is 0.726. The van der Waals surface area contributed by atoms with Crippen LogP contribution in [0.1, 0.15) is 40.0 Å². The molecule has 0 radical (unpaired) electrons. The lowest BCUT2D eigenvalue weighted by Gasteiger charge is -2.27. The highest BCUT2D eigenvalue weighted by molar-refractivity contribution is 4.79. The van der Waals surface area contributed by atoms with Gasteiger partial charge in [0.1, 0.15) is 0 Å². The summed E-state index contributed by atoms with van der Waals surface area (Å²) >= 11 is 0. The van der Waals surface area contributed by atoms with E-state index in [1.165, 1.54) is 25.8 Å². The molecule has 2 nitrogen and oxygen atoms in total. The van der Waals surface area contributed by atoms with Gasteiger partial charge in [-0.2, -0.15) is 0 Å². The van der Waals surface area contributed by atoms with Gasteiger partial charge in [0.2, 0.25) is 0 Å². The molecule has 1 aliphatic carbocycles. The molecule has 90 valence electrons. The summed E-state index contributed by atoms with van der Waals surface area (Å²) in [6, 6.07) is 0.726. The summed E-state index contributed by atoms with van der Waals surface area (Å²) in [6.45, 7) is 10.4. The van der Waals surface area contributed by atoms with Gasteiger partial charge in [0.15, 0.2) is 0 Å². The molecule has 1 saturated carbocycles. The molecular weight excluding hydrogens is 184 g/mol. The van der Waals surface area contributed by atoms with Crippen LogP contribution in [0, 0.1) is 11.8 Å². The van der Waals surface area contributed by atoms with E-state index in [2.05, 4.69) is 38.0 Å². The van der Waals surface area contributed by atoms with Gasteiger partial charge >= 0.3 is 0 Å². The first-order valence-electron chi connectivity index (χ1n) is 6.54. The Bertz CT molecular complexity index is 164. The molecule has 1 atom stereocenters. The number of nitrogens with one attached hydrogen (secondary N) is 1. The van der Waals surface area contributed by atoms with E-state index in [1.807, 2.05) is 0 Å². The van der Waals surface area contributed by atoms with Crippen LogP contribution in [-0.2, 0) is 0 Å². The van der Waals surface area contributed by atoms with Crippen LogP contribution in [-0.4, -0.2) is 37.6 Å². The summed E-state index contributed by atoms with van der Waals surface area (Å²) in [6.07, 6.45) is 4.18. The molecule has 0 heterocycles. The van der Waals surface area contributed by atoms with Crippen LogP contribution in [0.3, 0.4) is 0 Å². The van der Waals surface area contributed by atoms with Gasteiger partial charge in [0.25, 0.3) is 0 Å².